The highest BCUT2D eigenvalue weighted by atomic mass is 32.2. The number of rotatable bonds is 4. The Hall–Kier alpha value is -1.04. The number of carbonyl (C=O) groups is 1. The Balaban J connectivity index is 1.92. The maximum atomic E-state index is 10.2. The molecule has 13 heavy (non-hydrogen) atoms. The summed E-state index contributed by atoms with van der Waals surface area (Å²) in [6.45, 7) is 0. The number of aromatic nitrogens is 2. The smallest absolute Gasteiger partial charge is 0.314 e. The summed E-state index contributed by atoms with van der Waals surface area (Å²) in [6, 6.07) is 0. The van der Waals surface area contributed by atoms with Crippen molar-refractivity contribution in [2.75, 3.05) is 5.75 Å². The van der Waals surface area contributed by atoms with E-state index >= 15 is 0 Å². The van der Waals surface area contributed by atoms with E-state index in [1.54, 1.807) is 0 Å². The van der Waals surface area contributed by atoms with Crippen LogP contribution in [0.2, 0.25) is 0 Å². The number of hydrogen-bond acceptors (Lipinski definition) is 5. The Morgan fingerprint density at radius 2 is 2.38 bits per heavy atom. The van der Waals surface area contributed by atoms with Gasteiger partial charge in [-0.3, -0.25) is 4.79 Å². The van der Waals surface area contributed by atoms with Crippen LogP contribution in [0.25, 0.3) is 0 Å². The zero-order valence-corrected chi connectivity index (χ0v) is 7.58. The van der Waals surface area contributed by atoms with Gasteiger partial charge in [-0.25, -0.2) is 0 Å². The number of aliphatic carboxylic acids is 1. The van der Waals surface area contributed by atoms with Crippen LogP contribution >= 0.6 is 11.8 Å². The third kappa shape index (κ3) is 2.21. The number of carboxylic acids is 1. The Bertz CT molecular complexity index is 321. The highest BCUT2D eigenvalue weighted by Crippen LogP contribution is 2.39. The molecule has 1 aliphatic carbocycles. The minimum absolute atomic E-state index is 0.0354. The summed E-state index contributed by atoms with van der Waals surface area (Å²) in [6.07, 6.45) is 2.20. The van der Waals surface area contributed by atoms with Gasteiger partial charge < -0.3 is 9.52 Å². The van der Waals surface area contributed by atoms with Crippen molar-refractivity contribution in [1.29, 1.82) is 0 Å². The predicted octanol–water partition coefficient (Wildman–Crippen LogP) is 1.12. The molecular formula is C7H8N2O3S. The van der Waals surface area contributed by atoms with Gasteiger partial charge in [-0.05, 0) is 12.8 Å². The average molecular weight is 200 g/mol. The van der Waals surface area contributed by atoms with Gasteiger partial charge in [-0.1, -0.05) is 11.8 Å². The minimum atomic E-state index is -0.879. The van der Waals surface area contributed by atoms with Crippen molar-refractivity contribution in [2.24, 2.45) is 0 Å². The molecule has 70 valence electrons. The summed E-state index contributed by atoms with van der Waals surface area (Å²) in [7, 11) is 0. The molecule has 5 nitrogen and oxygen atoms in total. The summed E-state index contributed by atoms with van der Waals surface area (Å²) in [4.78, 5) is 10.2. The quantitative estimate of drug-likeness (QED) is 0.734. The maximum absolute atomic E-state index is 10.2. The molecule has 0 amide bonds. The summed E-state index contributed by atoms with van der Waals surface area (Å²) >= 11 is 1.05. The van der Waals surface area contributed by atoms with Crippen LogP contribution in [0.5, 0.6) is 0 Å². The molecule has 0 bridgehead atoms. The fraction of sp³-hybridized carbons (Fsp3) is 0.571. The monoisotopic (exact) mass is 200 g/mol. The molecule has 1 aromatic heterocycles. The predicted molar refractivity (Wildman–Crippen MR) is 44.6 cm³/mol. The highest BCUT2D eigenvalue weighted by Gasteiger charge is 2.29. The van der Waals surface area contributed by atoms with Gasteiger partial charge in [-0.2, -0.15) is 0 Å². The SMILES string of the molecule is O=C(O)CSc1nnc(C2CC2)o1. The van der Waals surface area contributed by atoms with Gasteiger partial charge >= 0.3 is 5.97 Å². The summed E-state index contributed by atoms with van der Waals surface area (Å²) < 4.78 is 5.24. The molecule has 1 saturated carbocycles. The highest BCUT2D eigenvalue weighted by molar-refractivity contribution is 7.99. The van der Waals surface area contributed by atoms with Crippen molar-refractivity contribution in [2.45, 2.75) is 24.0 Å². The summed E-state index contributed by atoms with van der Waals surface area (Å²) in [5.74, 6) is 0.155. The second kappa shape index (κ2) is 3.37. The fourth-order valence-corrected chi connectivity index (χ4v) is 1.39. The third-order valence-electron chi connectivity index (χ3n) is 1.67. The van der Waals surface area contributed by atoms with Gasteiger partial charge in [-0.15, -0.1) is 10.2 Å². The van der Waals surface area contributed by atoms with E-state index in [-0.39, 0.29) is 5.75 Å². The minimum Gasteiger partial charge on any atom is -0.481 e. The second-order valence-corrected chi connectivity index (χ2v) is 3.79. The first-order valence-electron chi connectivity index (χ1n) is 3.93. The second-order valence-electron chi connectivity index (χ2n) is 2.86. The molecule has 0 atom stereocenters. The van der Waals surface area contributed by atoms with Crippen LogP contribution in [0.1, 0.15) is 24.7 Å². The lowest BCUT2D eigenvalue weighted by molar-refractivity contribution is -0.133. The molecular weight excluding hydrogens is 192 g/mol. The first kappa shape index (κ1) is 8.55. The van der Waals surface area contributed by atoms with E-state index in [0.29, 0.717) is 17.0 Å². The van der Waals surface area contributed by atoms with Crippen molar-refractivity contribution in [3.05, 3.63) is 5.89 Å². The topological polar surface area (TPSA) is 76.2 Å². The van der Waals surface area contributed by atoms with Crippen molar-refractivity contribution >= 4 is 17.7 Å². The van der Waals surface area contributed by atoms with Crippen molar-refractivity contribution in [3.8, 4) is 0 Å². The molecule has 2 rings (SSSR count). The Kier molecular flexibility index (Phi) is 2.22. The van der Waals surface area contributed by atoms with Crippen LogP contribution in [0, 0.1) is 0 Å². The van der Waals surface area contributed by atoms with Crippen molar-refractivity contribution in [1.82, 2.24) is 10.2 Å². The molecule has 0 unspecified atom stereocenters. The maximum Gasteiger partial charge on any atom is 0.314 e. The first-order valence-corrected chi connectivity index (χ1v) is 4.92. The average Bonchev–Trinajstić information content (AvgIpc) is 2.83. The van der Waals surface area contributed by atoms with E-state index in [9.17, 15) is 4.79 Å². The number of carboxylic acid groups (broad SMARTS) is 1. The standard InChI is InChI=1S/C7H8N2O3S/c10-5(11)3-13-7-9-8-6(12-7)4-1-2-4/h4H,1-3H2,(H,10,11). The number of nitrogens with zero attached hydrogens (tertiary/aromatic N) is 2. The molecule has 0 saturated heterocycles. The zero-order valence-electron chi connectivity index (χ0n) is 6.77. The van der Waals surface area contributed by atoms with Gasteiger partial charge in [0.15, 0.2) is 0 Å². The lowest BCUT2D eigenvalue weighted by Crippen LogP contribution is -1.97. The van der Waals surface area contributed by atoms with E-state index < -0.39 is 5.97 Å². The number of hydrogen-bond donors (Lipinski definition) is 1. The van der Waals surface area contributed by atoms with Gasteiger partial charge in [0.2, 0.25) is 5.89 Å². The van der Waals surface area contributed by atoms with Gasteiger partial charge in [0.25, 0.3) is 5.22 Å². The van der Waals surface area contributed by atoms with Gasteiger partial charge in [0.05, 0.1) is 0 Å². The van der Waals surface area contributed by atoms with E-state index in [1.807, 2.05) is 0 Å². The molecule has 1 aromatic rings. The molecule has 0 spiro atoms. The summed E-state index contributed by atoms with van der Waals surface area (Å²) in [5.41, 5.74) is 0. The molecule has 1 heterocycles. The molecule has 1 aliphatic rings. The number of thioether (sulfide) groups is 1. The summed E-state index contributed by atoms with van der Waals surface area (Å²) in [5, 5.41) is 16.3. The third-order valence-corrected chi connectivity index (χ3v) is 2.47. The van der Waals surface area contributed by atoms with Crippen LogP contribution in [0.15, 0.2) is 9.64 Å². The normalized spacial score (nSPS) is 16.0. The molecule has 0 aliphatic heterocycles. The van der Waals surface area contributed by atoms with E-state index in [1.165, 1.54) is 0 Å². The van der Waals surface area contributed by atoms with Crippen LogP contribution in [-0.4, -0.2) is 27.0 Å². The Morgan fingerprint density at radius 1 is 1.62 bits per heavy atom. The molecule has 1 fully saturated rings. The van der Waals surface area contributed by atoms with E-state index in [0.717, 1.165) is 24.6 Å². The molecule has 1 N–H and O–H groups in total. The zero-order chi connectivity index (χ0) is 9.26. The molecule has 6 heteroatoms. The van der Waals surface area contributed by atoms with E-state index in [2.05, 4.69) is 10.2 Å². The van der Waals surface area contributed by atoms with Gasteiger partial charge in [0.1, 0.15) is 5.75 Å². The van der Waals surface area contributed by atoms with Crippen molar-refractivity contribution < 1.29 is 14.3 Å². The Morgan fingerprint density at radius 3 is 3.00 bits per heavy atom. The Labute approximate surface area is 78.5 Å². The van der Waals surface area contributed by atoms with Crippen LogP contribution in [0.4, 0.5) is 0 Å². The van der Waals surface area contributed by atoms with Crippen molar-refractivity contribution in [3.63, 3.8) is 0 Å². The lowest BCUT2D eigenvalue weighted by atomic mass is 10.4. The molecule has 0 radical (unpaired) electrons. The first-order chi connectivity index (χ1) is 6.25. The lowest BCUT2D eigenvalue weighted by Gasteiger charge is -1.88. The van der Waals surface area contributed by atoms with E-state index in [4.69, 9.17) is 9.52 Å². The van der Waals surface area contributed by atoms with Crippen LogP contribution < -0.4 is 0 Å². The molecule has 0 aromatic carbocycles. The van der Waals surface area contributed by atoms with Crippen LogP contribution in [0.3, 0.4) is 0 Å². The fourth-order valence-electron chi connectivity index (χ4n) is 0.897. The van der Waals surface area contributed by atoms with Crippen LogP contribution in [-0.2, 0) is 4.79 Å². The van der Waals surface area contributed by atoms with Gasteiger partial charge in [0, 0.05) is 5.92 Å². The largest absolute Gasteiger partial charge is 0.481 e.